The minimum absolute atomic E-state index is 0.0947. The van der Waals surface area contributed by atoms with Gasteiger partial charge in [0, 0.05) is 12.1 Å². The molecular formula is C8H11NO3. The highest BCUT2D eigenvalue weighted by Crippen LogP contribution is 2.07. The van der Waals surface area contributed by atoms with Crippen molar-refractivity contribution in [3.05, 3.63) is 24.0 Å². The second-order valence-corrected chi connectivity index (χ2v) is 2.55. The van der Waals surface area contributed by atoms with Crippen LogP contribution in [0.4, 0.5) is 0 Å². The zero-order chi connectivity index (χ0) is 8.97. The fourth-order valence-corrected chi connectivity index (χ4v) is 0.843. The van der Waals surface area contributed by atoms with Gasteiger partial charge in [-0.1, -0.05) is 0 Å². The van der Waals surface area contributed by atoms with Gasteiger partial charge in [-0.2, -0.15) is 0 Å². The van der Waals surface area contributed by atoms with Gasteiger partial charge in [0.05, 0.1) is 18.9 Å². The highest BCUT2D eigenvalue weighted by atomic mass is 16.3. The third-order valence-corrected chi connectivity index (χ3v) is 1.46. The average molecular weight is 169 g/mol. The van der Waals surface area contributed by atoms with Crippen LogP contribution in [0.15, 0.2) is 18.3 Å². The summed E-state index contributed by atoms with van der Waals surface area (Å²) in [5.41, 5.74) is 0.648. The van der Waals surface area contributed by atoms with Crippen LogP contribution in [0.3, 0.4) is 0 Å². The van der Waals surface area contributed by atoms with Crippen LogP contribution in [0.2, 0.25) is 0 Å². The molecule has 4 heteroatoms. The van der Waals surface area contributed by atoms with Crippen molar-refractivity contribution >= 4 is 0 Å². The van der Waals surface area contributed by atoms with Crippen LogP contribution >= 0.6 is 0 Å². The first-order chi connectivity index (χ1) is 5.72. The Labute approximate surface area is 70.1 Å². The molecule has 12 heavy (non-hydrogen) atoms. The number of pyridine rings is 1. The van der Waals surface area contributed by atoms with Gasteiger partial charge in [0.15, 0.2) is 0 Å². The molecular weight excluding hydrogens is 158 g/mol. The molecule has 4 nitrogen and oxygen atoms in total. The highest BCUT2D eigenvalue weighted by Gasteiger charge is 2.03. The van der Waals surface area contributed by atoms with Crippen LogP contribution in [0.25, 0.3) is 0 Å². The Morgan fingerprint density at radius 1 is 1.42 bits per heavy atom. The summed E-state index contributed by atoms with van der Waals surface area (Å²) in [5, 5.41) is 26.4. The predicted octanol–water partition coefficient (Wildman–Crippen LogP) is -0.317. The van der Waals surface area contributed by atoms with Crippen molar-refractivity contribution < 1.29 is 15.3 Å². The smallest absolute Gasteiger partial charge is 0.133 e. The van der Waals surface area contributed by atoms with E-state index in [0.29, 0.717) is 12.1 Å². The number of hydrogen-bond acceptors (Lipinski definition) is 4. The summed E-state index contributed by atoms with van der Waals surface area (Å²) < 4.78 is 0. The molecule has 1 heterocycles. The first-order valence-electron chi connectivity index (χ1n) is 3.65. The van der Waals surface area contributed by atoms with E-state index in [1.54, 1.807) is 6.07 Å². The predicted molar refractivity (Wildman–Crippen MR) is 42.7 cm³/mol. The number of aromatic nitrogens is 1. The summed E-state index contributed by atoms with van der Waals surface area (Å²) in [7, 11) is 0. The number of hydrogen-bond donors (Lipinski definition) is 3. The molecule has 1 aromatic rings. The minimum Gasteiger partial charge on any atom is -0.506 e. The first-order valence-corrected chi connectivity index (χ1v) is 3.65. The normalized spacial score (nSPS) is 12.8. The molecule has 0 fully saturated rings. The van der Waals surface area contributed by atoms with Crippen molar-refractivity contribution in [3.63, 3.8) is 0 Å². The van der Waals surface area contributed by atoms with Crippen molar-refractivity contribution in [1.29, 1.82) is 0 Å². The lowest BCUT2D eigenvalue weighted by Crippen LogP contribution is -2.15. The van der Waals surface area contributed by atoms with Crippen LogP contribution in [0.5, 0.6) is 5.75 Å². The van der Waals surface area contributed by atoms with Gasteiger partial charge < -0.3 is 15.3 Å². The maximum atomic E-state index is 9.03. The van der Waals surface area contributed by atoms with Crippen LogP contribution in [0.1, 0.15) is 5.69 Å². The van der Waals surface area contributed by atoms with E-state index >= 15 is 0 Å². The second kappa shape index (κ2) is 4.04. The van der Waals surface area contributed by atoms with E-state index in [1.807, 2.05) is 0 Å². The molecule has 0 aliphatic carbocycles. The lowest BCUT2D eigenvalue weighted by Gasteiger charge is -2.05. The van der Waals surface area contributed by atoms with Gasteiger partial charge in [0.1, 0.15) is 5.75 Å². The maximum Gasteiger partial charge on any atom is 0.133 e. The van der Waals surface area contributed by atoms with Crippen molar-refractivity contribution in [3.8, 4) is 5.75 Å². The lowest BCUT2D eigenvalue weighted by atomic mass is 10.2. The molecule has 0 bridgehead atoms. The average Bonchev–Trinajstić information content (AvgIpc) is 2.09. The van der Waals surface area contributed by atoms with Crippen molar-refractivity contribution in [1.82, 2.24) is 4.98 Å². The van der Waals surface area contributed by atoms with Gasteiger partial charge in [-0.3, -0.25) is 4.98 Å². The minimum atomic E-state index is -0.776. The monoisotopic (exact) mass is 169 g/mol. The zero-order valence-corrected chi connectivity index (χ0v) is 6.51. The van der Waals surface area contributed by atoms with Crippen LogP contribution in [0, 0.1) is 0 Å². The second-order valence-electron chi connectivity index (χ2n) is 2.55. The molecule has 1 unspecified atom stereocenters. The zero-order valence-electron chi connectivity index (χ0n) is 6.51. The molecule has 0 saturated carbocycles. The SMILES string of the molecule is OCC(O)Cc1ccc(O)cn1. The summed E-state index contributed by atoms with van der Waals surface area (Å²) in [6.45, 7) is -0.275. The van der Waals surface area contributed by atoms with Crippen LogP contribution in [-0.2, 0) is 6.42 Å². The molecule has 0 spiro atoms. The maximum absolute atomic E-state index is 9.03. The topological polar surface area (TPSA) is 73.6 Å². The Morgan fingerprint density at radius 2 is 2.17 bits per heavy atom. The molecule has 0 amide bonds. The van der Waals surface area contributed by atoms with E-state index in [0.717, 1.165) is 0 Å². The number of aliphatic hydroxyl groups excluding tert-OH is 2. The molecule has 0 aliphatic rings. The highest BCUT2D eigenvalue weighted by molar-refractivity contribution is 5.18. The molecule has 0 aliphatic heterocycles. The number of aromatic hydroxyl groups is 1. The Morgan fingerprint density at radius 3 is 2.67 bits per heavy atom. The van der Waals surface area contributed by atoms with Gasteiger partial charge in [-0.25, -0.2) is 0 Å². The molecule has 0 aromatic carbocycles. The van der Waals surface area contributed by atoms with Gasteiger partial charge in [-0.05, 0) is 12.1 Å². The summed E-state index contributed by atoms with van der Waals surface area (Å²) in [4.78, 5) is 3.85. The van der Waals surface area contributed by atoms with Gasteiger partial charge in [0.25, 0.3) is 0 Å². The molecule has 1 atom stereocenters. The van der Waals surface area contributed by atoms with E-state index < -0.39 is 6.10 Å². The van der Waals surface area contributed by atoms with E-state index in [2.05, 4.69) is 4.98 Å². The third-order valence-electron chi connectivity index (χ3n) is 1.46. The van der Waals surface area contributed by atoms with Crippen molar-refractivity contribution in [2.24, 2.45) is 0 Å². The summed E-state index contributed by atoms with van der Waals surface area (Å²) >= 11 is 0. The fraction of sp³-hybridized carbons (Fsp3) is 0.375. The van der Waals surface area contributed by atoms with Gasteiger partial charge in [-0.15, -0.1) is 0 Å². The van der Waals surface area contributed by atoms with Gasteiger partial charge >= 0.3 is 0 Å². The van der Waals surface area contributed by atoms with E-state index in [-0.39, 0.29) is 12.4 Å². The quantitative estimate of drug-likeness (QED) is 0.580. The number of rotatable bonds is 3. The number of nitrogens with zero attached hydrogens (tertiary/aromatic N) is 1. The van der Waals surface area contributed by atoms with Crippen LogP contribution < -0.4 is 0 Å². The summed E-state index contributed by atoms with van der Waals surface area (Å²) in [5.74, 6) is 0.0947. The van der Waals surface area contributed by atoms with Crippen molar-refractivity contribution in [2.45, 2.75) is 12.5 Å². The van der Waals surface area contributed by atoms with Crippen molar-refractivity contribution in [2.75, 3.05) is 6.61 Å². The molecule has 0 radical (unpaired) electrons. The molecule has 1 aromatic heterocycles. The summed E-state index contributed by atoms with van der Waals surface area (Å²) in [6.07, 6.45) is 0.831. The Bertz CT molecular complexity index is 235. The Balaban J connectivity index is 2.58. The van der Waals surface area contributed by atoms with Gasteiger partial charge in [0.2, 0.25) is 0 Å². The summed E-state index contributed by atoms with van der Waals surface area (Å²) in [6, 6.07) is 3.10. The molecule has 0 saturated heterocycles. The standard InChI is InChI=1S/C8H11NO3/c10-5-8(12)3-6-1-2-7(11)4-9-6/h1-2,4,8,10-12H,3,5H2. The first kappa shape index (κ1) is 8.96. The largest absolute Gasteiger partial charge is 0.506 e. The fourth-order valence-electron chi connectivity index (χ4n) is 0.843. The molecule has 1 rings (SSSR count). The van der Waals surface area contributed by atoms with E-state index in [1.165, 1.54) is 12.3 Å². The molecule has 3 N–H and O–H groups in total. The lowest BCUT2D eigenvalue weighted by molar-refractivity contribution is 0.0947. The van der Waals surface area contributed by atoms with E-state index in [9.17, 15) is 0 Å². The van der Waals surface area contributed by atoms with E-state index in [4.69, 9.17) is 15.3 Å². The Hall–Kier alpha value is -1.13. The third kappa shape index (κ3) is 2.48. The molecule has 66 valence electrons. The number of aliphatic hydroxyl groups is 2. The van der Waals surface area contributed by atoms with Crippen LogP contribution in [-0.4, -0.2) is 33.0 Å². The Kier molecular flexibility index (Phi) is 3.01.